The summed E-state index contributed by atoms with van der Waals surface area (Å²) >= 11 is 0. The molecule has 0 spiro atoms. The molecule has 0 aromatic carbocycles. The van der Waals surface area contributed by atoms with Gasteiger partial charge in [0.15, 0.2) is 10.9 Å². The fourth-order valence-electron chi connectivity index (χ4n) is 1.80. The predicted octanol–water partition coefficient (Wildman–Crippen LogP) is 0.942. The van der Waals surface area contributed by atoms with Crippen molar-refractivity contribution in [1.82, 2.24) is 24.6 Å². The number of rotatable bonds is 5. The number of sulfonamides is 1. The molecule has 1 N–H and O–H groups in total. The summed E-state index contributed by atoms with van der Waals surface area (Å²) in [6, 6.07) is 0.916. The third-order valence-corrected chi connectivity index (χ3v) is 4.23. The first-order chi connectivity index (χ1) is 9.33. The van der Waals surface area contributed by atoms with E-state index in [4.69, 9.17) is 4.52 Å². The molecule has 0 bridgehead atoms. The number of aromatic nitrogens is 4. The highest BCUT2D eigenvalue weighted by Gasteiger charge is 2.25. The molecule has 0 aliphatic carbocycles. The van der Waals surface area contributed by atoms with Crippen LogP contribution in [-0.4, -0.2) is 28.3 Å². The second-order valence-corrected chi connectivity index (χ2v) is 6.12. The van der Waals surface area contributed by atoms with E-state index in [1.807, 2.05) is 6.92 Å². The Balaban J connectivity index is 2.27. The van der Waals surface area contributed by atoms with Crippen molar-refractivity contribution in [3.8, 4) is 0 Å². The van der Waals surface area contributed by atoms with E-state index in [1.165, 1.54) is 10.7 Å². The van der Waals surface area contributed by atoms with Crippen molar-refractivity contribution < 1.29 is 12.9 Å². The molecule has 0 aliphatic heterocycles. The van der Waals surface area contributed by atoms with Gasteiger partial charge in [0.05, 0.1) is 11.7 Å². The van der Waals surface area contributed by atoms with E-state index in [9.17, 15) is 8.42 Å². The number of hydrogen-bond donors (Lipinski definition) is 1. The summed E-state index contributed by atoms with van der Waals surface area (Å²) in [7, 11) is -3.70. The van der Waals surface area contributed by atoms with Gasteiger partial charge in [-0.1, -0.05) is 5.16 Å². The van der Waals surface area contributed by atoms with E-state index in [-0.39, 0.29) is 10.9 Å². The average molecular weight is 299 g/mol. The Morgan fingerprint density at radius 3 is 2.70 bits per heavy atom. The molecule has 2 aromatic rings. The van der Waals surface area contributed by atoms with Gasteiger partial charge in [0, 0.05) is 6.54 Å². The molecule has 0 saturated heterocycles. The van der Waals surface area contributed by atoms with Gasteiger partial charge in [-0.2, -0.15) is 14.8 Å². The molecule has 8 nitrogen and oxygen atoms in total. The van der Waals surface area contributed by atoms with Crippen LogP contribution in [-0.2, 0) is 16.6 Å². The lowest BCUT2D eigenvalue weighted by atomic mass is 10.4. The lowest BCUT2D eigenvalue weighted by molar-refractivity contribution is 0.350. The molecular weight excluding hydrogens is 282 g/mol. The second kappa shape index (κ2) is 5.33. The van der Waals surface area contributed by atoms with E-state index < -0.39 is 16.1 Å². The van der Waals surface area contributed by atoms with Crippen LogP contribution in [0.4, 0.5) is 0 Å². The molecule has 2 aromatic heterocycles. The Hall–Kier alpha value is -1.74. The highest BCUT2D eigenvalue weighted by Crippen LogP contribution is 2.16. The molecule has 0 saturated carbocycles. The zero-order valence-electron chi connectivity index (χ0n) is 11.8. The molecule has 0 unspecified atom stereocenters. The first-order valence-electron chi connectivity index (χ1n) is 6.20. The summed E-state index contributed by atoms with van der Waals surface area (Å²) in [4.78, 5) is 4.01. The molecule has 0 fully saturated rings. The zero-order chi connectivity index (χ0) is 14.9. The van der Waals surface area contributed by atoms with E-state index in [2.05, 4.69) is 20.0 Å². The molecule has 0 radical (unpaired) electrons. The van der Waals surface area contributed by atoms with E-state index in [0.29, 0.717) is 18.1 Å². The SMILES string of the molecule is CCn1nc(C)cc1S(=O)(=O)N[C@H](C)c1nc(C)no1. The summed E-state index contributed by atoms with van der Waals surface area (Å²) in [6.45, 7) is 7.36. The molecule has 9 heteroatoms. The van der Waals surface area contributed by atoms with Crippen LogP contribution in [0, 0.1) is 13.8 Å². The molecular formula is C11H17N5O3S. The van der Waals surface area contributed by atoms with Gasteiger partial charge in [0.1, 0.15) is 0 Å². The van der Waals surface area contributed by atoms with Gasteiger partial charge in [0.25, 0.3) is 10.0 Å². The van der Waals surface area contributed by atoms with E-state index in [0.717, 1.165) is 0 Å². The lowest BCUT2D eigenvalue weighted by Gasteiger charge is -2.11. The third-order valence-electron chi connectivity index (χ3n) is 2.69. The summed E-state index contributed by atoms with van der Waals surface area (Å²) < 4.78 is 33.6. The van der Waals surface area contributed by atoms with Crippen molar-refractivity contribution in [1.29, 1.82) is 0 Å². The standard InChI is InChI=1S/C11H17N5O3S/c1-5-16-10(6-7(2)13-16)20(17,18)15-8(3)11-12-9(4)14-19-11/h6,8,15H,5H2,1-4H3/t8-/m1/s1. The Kier molecular flexibility index (Phi) is 3.91. The first-order valence-corrected chi connectivity index (χ1v) is 7.68. The van der Waals surface area contributed by atoms with Gasteiger partial charge in [-0.3, -0.25) is 4.68 Å². The summed E-state index contributed by atoms with van der Waals surface area (Å²) in [5.74, 6) is 0.686. The van der Waals surface area contributed by atoms with Crippen LogP contribution >= 0.6 is 0 Å². The third kappa shape index (κ3) is 2.88. The normalized spacial score (nSPS) is 13.6. The van der Waals surface area contributed by atoms with Crippen LogP contribution in [0.2, 0.25) is 0 Å². The van der Waals surface area contributed by atoms with Gasteiger partial charge >= 0.3 is 0 Å². The number of nitrogens with zero attached hydrogens (tertiary/aromatic N) is 4. The Morgan fingerprint density at radius 2 is 2.15 bits per heavy atom. The Morgan fingerprint density at radius 1 is 1.45 bits per heavy atom. The maximum absolute atomic E-state index is 12.4. The van der Waals surface area contributed by atoms with Crippen LogP contribution in [0.25, 0.3) is 0 Å². The van der Waals surface area contributed by atoms with Crippen LogP contribution in [0.5, 0.6) is 0 Å². The van der Waals surface area contributed by atoms with Gasteiger partial charge in [-0.25, -0.2) is 8.42 Å². The van der Waals surface area contributed by atoms with Crippen LogP contribution in [0.1, 0.15) is 37.3 Å². The minimum Gasteiger partial charge on any atom is -0.338 e. The van der Waals surface area contributed by atoms with Crippen molar-refractivity contribution in [2.45, 2.75) is 45.3 Å². The molecule has 0 amide bonds. The summed E-state index contributed by atoms with van der Waals surface area (Å²) in [5, 5.41) is 7.89. The Bertz CT molecular complexity index is 703. The minimum atomic E-state index is -3.70. The smallest absolute Gasteiger partial charge is 0.258 e. The molecule has 20 heavy (non-hydrogen) atoms. The van der Waals surface area contributed by atoms with Crippen molar-refractivity contribution in [2.24, 2.45) is 0 Å². The van der Waals surface area contributed by atoms with Gasteiger partial charge in [-0.15, -0.1) is 0 Å². The maximum Gasteiger partial charge on any atom is 0.258 e. The number of aryl methyl sites for hydroxylation is 3. The summed E-state index contributed by atoms with van der Waals surface area (Å²) in [6.07, 6.45) is 0. The quantitative estimate of drug-likeness (QED) is 0.881. The van der Waals surface area contributed by atoms with Crippen LogP contribution in [0.15, 0.2) is 15.6 Å². The fourth-order valence-corrected chi connectivity index (χ4v) is 3.26. The lowest BCUT2D eigenvalue weighted by Crippen LogP contribution is -2.29. The van der Waals surface area contributed by atoms with Crippen molar-refractivity contribution >= 4 is 10.0 Å². The molecule has 2 rings (SSSR count). The fraction of sp³-hybridized carbons (Fsp3) is 0.545. The average Bonchev–Trinajstić information content (AvgIpc) is 2.95. The summed E-state index contributed by atoms with van der Waals surface area (Å²) in [5.41, 5.74) is 0.647. The predicted molar refractivity (Wildman–Crippen MR) is 70.4 cm³/mol. The van der Waals surface area contributed by atoms with E-state index in [1.54, 1.807) is 20.8 Å². The molecule has 2 heterocycles. The van der Waals surface area contributed by atoms with Crippen LogP contribution in [0.3, 0.4) is 0 Å². The molecule has 0 aliphatic rings. The van der Waals surface area contributed by atoms with Crippen molar-refractivity contribution in [2.75, 3.05) is 0 Å². The van der Waals surface area contributed by atoms with Crippen molar-refractivity contribution in [3.63, 3.8) is 0 Å². The number of nitrogens with one attached hydrogen (secondary N) is 1. The molecule has 1 atom stereocenters. The van der Waals surface area contributed by atoms with Gasteiger partial charge in [-0.05, 0) is 33.8 Å². The largest absolute Gasteiger partial charge is 0.338 e. The molecule has 110 valence electrons. The monoisotopic (exact) mass is 299 g/mol. The van der Waals surface area contributed by atoms with Crippen LogP contribution < -0.4 is 4.72 Å². The highest BCUT2D eigenvalue weighted by molar-refractivity contribution is 7.89. The van der Waals surface area contributed by atoms with Gasteiger partial charge in [0.2, 0.25) is 5.89 Å². The maximum atomic E-state index is 12.4. The van der Waals surface area contributed by atoms with Gasteiger partial charge < -0.3 is 4.52 Å². The topological polar surface area (TPSA) is 103 Å². The first kappa shape index (κ1) is 14.7. The number of hydrogen-bond acceptors (Lipinski definition) is 6. The zero-order valence-corrected chi connectivity index (χ0v) is 12.6. The second-order valence-electron chi connectivity index (χ2n) is 4.46. The van der Waals surface area contributed by atoms with Crippen molar-refractivity contribution in [3.05, 3.63) is 23.5 Å². The Labute approximate surface area is 117 Å². The minimum absolute atomic E-state index is 0.126. The highest BCUT2D eigenvalue weighted by atomic mass is 32.2. The van der Waals surface area contributed by atoms with E-state index >= 15 is 0 Å².